The summed E-state index contributed by atoms with van der Waals surface area (Å²) in [5, 5.41) is 6.56. The van der Waals surface area contributed by atoms with Gasteiger partial charge in [0.25, 0.3) is 0 Å². The summed E-state index contributed by atoms with van der Waals surface area (Å²) in [6, 6.07) is 13.1. The fourth-order valence-corrected chi connectivity index (χ4v) is 2.57. The van der Waals surface area contributed by atoms with Crippen LogP contribution in [0.3, 0.4) is 0 Å². The van der Waals surface area contributed by atoms with Crippen LogP contribution in [0.15, 0.2) is 42.5 Å². The highest BCUT2D eigenvalue weighted by Crippen LogP contribution is 2.20. The van der Waals surface area contributed by atoms with E-state index in [4.69, 9.17) is 11.6 Å². The van der Waals surface area contributed by atoms with Crippen LogP contribution in [-0.4, -0.2) is 37.4 Å². The normalized spacial score (nSPS) is 10.3. The molecule has 0 aromatic heterocycles. The largest absolute Gasteiger partial charge is 0.376 e. The van der Waals surface area contributed by atoms with Gasteiger partial charge in [0, 0.05) is 36.9 Å². The van der Waals surface area contributed by atoms with Crippen molar-refractivity contribution in [3.63, 3.8) is 0 Å². The maximum absolute atomic E-state index is 12.1. The van der Waals surface area contributed by atoms with Crippen LogP contribution < -0.4 is 10.6 Å². The van der Waals surface area contributed by atoms with Crippen molar-refractivity contribution in [3.8, 4) is 0 Å². The fraction of sp³-hybridized carbons (Fsp3) is 0.300. The third-order valence-electron chi connectivity index (χ3n) is 4.00. The summed E-state index contributed by atoms with van der Waals surface area (Å²) in [5.41, 5.74) is 3.65. The van der Waals surface area contributed by atoms with E-state index in [2.05, 4.69) is 10.6 Å². The number of benzene rings is 2. The average molecular weight is 374 g/mol. The number of hydrogen-bond acceptors (Lipinski definition) is 3. The minimum atomic E-state index is -0.139. The number of carbonyl (C=O) groups is 2. The van der Waals surface area contributed by atoms with Gasteiger partial charge in [-0.25, -0.2) is 0 Å². The van der Waals surface area contributed by atoms with Crippen molar-refractivity contribution in [3.05, 3.63) is 58.6 Å². The Labute approximate surface area is 159 Å². The predicted molar refractivity (Wildman–Crippen MR) is 107 cm³/mol. The van der Waals surface area contributed by atoms with Crippen LogP contribution in [0.25, 0.3) is 0 Å². The molecule has 2 rings (SSSR count). The molecule has 2 amide bonds. The summed E-state index contributed by atoms with van der Waals surface area (Å²) in [4.78, 5) is 25.3. The van der Waals surface area contributed by atoms with Crippen molar-refractivity contribution in [2.24, 2.45) is 0 Å². The van der Waals surface area contributed by atoms with Gasteiger partial charge in [0.1, 0.15) is 0 Å². The van der Waals surface area contributed by atoms with E-state index < -0.39 is 0 Å². The van der Waals surface area contributed by atoms with Crippen molar-refractivity contribution in [2.75, 3.05) is 31.3 Å². The van der Waals surface area contributed by atoms with Gasteiger partial charge < -0.3 is 15.5 Å². The molecule has 0 heterocycles. The molecule has 0 aliphatic carbocycles. The van der Waals surface area contributed by atoms with E-state index in [1.807, 2.05) is 43.3 Å². The third kappa shape index (κ3) is 6.08. The van der Waals surface area contributed by atoms with Gasteiger partial charge in [0.2, 0.25) is 11.8 Å². The monoisotopic (exact) mass is 373 g/mol. The molecule has 0 spiro atoms. The first-order valence-corrected chi connectivity index (χ1v) is 8.82. The van der Waals surface area contributed by atoms with Crippen molar-refractivity contribution in [2.45, 2.75) is 19.8 Å². The van der Waals surface area contributed by atoms with Crippen molar-refractivity contribution in [1.29, 1.82) is 0 Å². The molecule has 6 heteroatoms. The molecule has 5 nitrogen and oxygen atoms in total. The summed E-state index contributed by atoms with van der Waals surface area (Å²) >= 11 is 5.97. The highest BCUT2D eigenvalue weighted by Gasteiger charge is 2.06. The van der Waals surface area contributed by atoms with E-state index in [1.54, 1.807) is 25.1 Å². The number of halogens is 1. The first kappa shape index (κ1) is 19.8. The van der Waals surface area contributed by atoms with Gasteiger partial charge >= 0.3 is 0 Å². The van der Waals surface area contributed by atoms with Crippen molar-refractivity contribution >= 4 is 34.8 Å². The van der Waals surface area contributed by atoms with E-state index in [9.17, 15) is 9.59 Å². The van der Waals surface area contributed by atoms with Gasteiger partial charge in [-0.1, -0.05) is 29.8 Å². The Morgan fingerprint density at radius 2 is 1.77 bits per heavy atom. The van der Waals surface area contributed by atoms with E-state index >= 15 is 0 Å². The van der Waals surface area contributed by atoms with E-state index in [1.165, 1.54) is 0 Å². The smallest absolute Gasteiger partial charge is 0.243 e. The SMILES string of the molecule is Cc1ccc(Cl)cc1NCC(=O)Nc1ccc(CCC(=O)N(C)C)cc1. The number of anilines is 2. The van der Waals surface area contributed by atoms with Gasteiger partial charge in [-0.15, -0.1) is 0 Å². The van der Waals surface area contributed by atoms with Gasteiger partial charge in [0.05, 0.1) is 6.54 Å². The van der Waals surface area contributed by atoms with Crippen LogP contribution in [-0.2, 0) is 16.0 Å². The summed E-state index contributed by atoms with van der Waals surface area (Å²) < 4.78 is 0. The van der Waals surface area contributed by atoms with E-state index in [0.717, 1.165) is 22.5 Å². The van der Waals surface area contributed by atoms with Crippen LogP contribution in [0.4, 0.5) is 11.4 Å². The Morgan fingerprint density at radius 3 is 2.42 bits per heavy atom. The van der Waals surface area contributed by atoms with Gasteiger partial charge in [-0.3, -0.25) is 9.59 Å². The van der Waals surface area contributed by atoms with Crippen LogP contribution in [0.1, 0.15) is 17.5 Å². The van der Waals surface area contributed by atoms with Gasteiger partial charge in [-0.05, 0) is 48.7 Å². The summed E-state index contributed by atoms with van der Waals surface area (Å²) in [5.74, 6) is -0.0373. The number of hydrogen-bond donors (Lipinski definition) is 2. The molecule has 0 radical (unpaired) electrons. The second-order valence-electron chi connectivity index (χ2n) is 6.35. The van der Waals surface area contributed by atoms with E-state index in [-0.39, 0.29) is 18.4 Å². The molecule has 0 saturated heterocycles. The van der Waals surface area contributed by atoms with Crippen LogP contribution in [0, 0.1) is 6.92 Å². The molecule has 2 N–H and O–H groups in total. The lowest BCUT2D eigenvalue weighted by Crippen LogP contribution is -2.22. The zero-order chi connectivity index (χ0) is 19.1. The number of amides is 2. The minimum absolute atomic E-state index is 0.102. The number of rotatable bonds is 7. The molecule has 0 atom stereocenters. The van der Waals surface area contributed by atoms with E-state index in [0.29, 0.717) is 17.9 Å². The zero-order valence-corrected chi connectivity index (χ0v) is 16.1. The van der Waals surface area contributed by atoms with Crippen LogP contribution in [0.5, 0.6) is 0 Å². The molecular formula is C20H24ClN3O2. The zero-order valence-electron chi connectivity index (χ0n) is 15.3. The molecule has 0 unspecified atom stereocenters. The first-order valence-electron chi connectivity index (χ1n) is 8.44. The summed E-state index contributed by atoms with van der Waals surface area (Å²) in [7, 11) is 3.50. The molecular weight excluding hydrogens is 350 g/mol. The highest BCUT2D eigenvalue weighted by atomic mass is 35.5. The maximum Gasteiger partial charge on any atom is 0.243 e. The topological polar surface area (TPSA) is 61.4 Å². The Morgan fingerprint density at radius 1 is 1.08 bits per heavy atom. The maximum atomic E-state index is 12.1. The third-order valence-corrected chi connectivity index (χ3v) is 4.24. The summed E-state index contributed by atoms with van der Waals surface area (Å²) in [6.45, 7) is 2.11. The lowest BCUT2D eigenvalue weighted by molar-refractivity contribution is -0.128. The Balaban J connectivity index is 1.83. The predicted octanol–water partition coefficient (Wildman–Crippen LogP) is 3.72. The lowest BCUT2D eigenvalue weighted by Gasteiger charge is -2.11. The number of aryl methyl sites for hydroxylation is 2. The molecule has 0 saturated carbocycles. The summed E-state index contributed by atoms with van der Waals surface area (Å²) in [6.07, 6.45) is 1.16. The molecule has 138 valence electrons. The highest BCUT2D eigenvalue weighted by molar-refractivity contribution is 6.30. The molecule has 0 bridgehead atoms. The molecule has 0 aliphatic heterocycles. The Kier molecular flexibility index (Phi) is 7.04. The second-order valence-corrected chi connectivity index (χ2v) is 6.78. The quantitative estimate of drug-likeness (QED) is 0.777. The lowest BCUT2D eigenvalue weighted by atomic mass is 10.1. The fourth-order valence-electron chi connectivity index (χ4n) is 2.39. The van der Waals surface area contributed by atoms with Gasteiger partial charge in [-0.2, -0.15) is 0 Å². The number of carbonyl (C=O) groups excluding carboxylic acids is 2. The molecule has 2 aromatic carbocycles. The minimum Gasteiger partial charge on any atom is -0.376 e. The molecule has 0 aliphatic rings. The molecule has 26 heavy (non-hydrogen) atoms. The number of nitrogens with one attached hydrogen (secondary N) is 2. The number of nitrogens with zero attached hydrogens (tertiary/aromatic N) is 1. The second kappa shape index (κ2) is 9.25. The van der Waals surface area contributed by atoms with Crippen LogP contribution >= 0.6 is 11.6 Å². The standard InChI is InChI=1S/C20H24ClN3O2/c1-14-4-8-16(21)12-18(14)22-13-19(25)23-17-9-5-15(6-10-17)7-11-20(26)24(2)3/h4-6,8-10,12,22H,7,11,13H2,1-3H3,(H,23,25). The average Bonchev–Trinajstić information content (AvgIpc) is 2.61. The molecule has 2 aromatic rings. The Hall–Kier alpha value is -2.53. The van der Waals surface area contributed by atoms with Crippen molar-refractivity contribution < 1.29 is 9.59 Å². The van der Waals surface area contributed by atoms with Crippen molar-refractivity contribution in [1.82, 2.24) is 4.90 Å². The Bertz CT molecular complexity index is 773. The van der Waals surface area contributed by atoms with Gasteiger partial charge in [0.15, 0.2) is 0 Å². The van der Waals surface area contributed by atoms with Crippen LogP contribution in [0.2, 0.25) is 5.02 Å². The molecule has 0 fully saturated rings. The first-order chi connectivity index (χ1) is 12.3.